The Morgan fingerprint density at radius 2 is 2.30 bits per heavy atom. The fraction of sp³-hybridized carbons (Fsp3) is 0.600. The Bertz CT molecular complexity index is 161. The number of allylic oxidation sites excluding steroid dienone is 4. The minimum absolute atomic E-state index is 1.18. The third kappa shape index (κ3) is 2.02. The lowest BCUT2D eigenvalue weighted by Gasteiger charge is -2.10. The van der Waals surface area contributed by atoms with Crippen molar-refractivity contribution < 1.29 is 0 Å². The molecule has 0 heteroatoms. The summed E-state index contributed by atoms with van der Waals surface area (Å²) in [6, 6.07) is 0. The zero-order valence-electron chi connectivity index (χ0n) is 6.98. The summed E-state index contributed by atoms with van der Waals surface area (Å²) in [4.78, 5) is 0. The van der Waals surface area contributed by atoms with E-state index in [1.165, 1.54) is 25.7 Å². The van der Waals surface area contributed by atoms with E-state index in [1.54, 1.807) is 11.1 Å². The van der Waals surface area contributed by atoms with Crippen molar-refractivity contribution in [3.05, 3.63) is 23.3 Å². The molecule has 0 unspecified atom stereocenters. The first kappa shape index (κ1) is 7.59. The first-order valence-corrected chi connectivity index (χ1v) is 4.19. The van der Waals surface area contributed by atoms with Gasteiger partial charge in [-0.3, -0.25) is 0 Å². The number of rotatable bonds is 1. The van der Waals surface area contributed by atoms with Crippen LogP contribution in [0.2, 0.25) is 0 Å². The zero-order valence-corrected chi connectivity index (χ0v) is 6.98. The maximum atomic E-state index is 2.34. The SMILES string of the molecule is CC/C=C1\C=C(C)CCC1. The van der Waals surface area contributed by atoms with Crippen LogP contribution < -0.4 is 0 Å². The molecule has 0 nitrogen and oxygen atoms in total. The normalized spacial score (nSPS) is 23.0. The Balaban J connectivity index is 2.62. The van der Waals surface area contributed by atoms with E-state index in [9.17, 15) is 0 Å². The third-order valence-electron chi connectivity index (χ3n) is 1.93. The molecule has 0 spiro atoms. The molecule has 1 aliphatic rings. The monoisotopic (exact) mass is 136 g/mol. The van der Waals surface area contributed by atoms with Gasteiger partial charge in [0.2, 0.25) is 0 Å². The van der Waals surface area contributed by atoms with Gasteiger partial charge in [-0.15, -0.1) is 0 Å². The molecular formula is C10H16. The maximum absolute atomic E-state index is 2.34. The maximum Gasteiger partial charge on any atom is -0.0279 e. The van der Waals surface area contributed by atoms with Crippen LogP contribution >= 0.6 is 0 Å². The molecule has 0 saturated heterocycles. The summed E-state index contributed by atoms with van der Waals surface area (Å²) in [6.07, 6.45) is 9.81. The van der Waals surface area contributed by atoms with Gasteiger partial charge >= 0.3 is 0 Å². The topological polar surface area (TPSA) is 0 Å². The molecule has 0 N–H and O–H groups in total. The second-order valence-corrected chi connectivity index (χ2v) is 3.03. The fourth-order valence-electron chi connectivity index (χ4n) is 1.46. The molecule has 1 aliphatic carbocycles. The third-order valence-corrected chi connectivity index (χ3v) is 1.93. The van der Waals surface area contributed by atoms with Crippen LogP contribution in [0.5, 0.6) is 0 Å². The highest BCUT2D eigenvalue weighted by Gasteiger charge is 2.01. The van der Waals surface area contributed by atoms with Crippen LogP contribution in [0.3, 0.4) is 0 Å². The molecule has 0 amide bonds. The number of hydrogen-bond donors (Lipinski definition) is 0. The highest BCUT2D eigenvalue weighted by molar-refractivity contribution is 5.25. The van der Waals surface area contributed by atoms with E-state index < -0.39 is 0 Å². The molecule has 0 radical (unpaired) electrons. The van der Waals surface area contributed by atoms with Gasteiger partial charge in [0, 0.05) is 0 Å². The van der Waals surface area contributed by atoms with E-state index in [1.807, 2.05) is 0 Å². The van der Waals surface area contributed by atoms with Crippen LogP contribution in [-0.4, -0.2) is 0 Å². The van der Waals surface area contributed by atoms with Crippen molar-refractivity contribution in [1.82, 2.24) is 0 Å². The molecule has 0 bridgehead atoms. The van der Waals surface area contributed by atoms with Gasteiger partial charge in [-0.05, 0) is 32.6 Å². The van der Waals surface area contributed by atoms with E-state index in [4.69, 9.17) is 0 Å². The minimum atomic E-state index is 1.18. The van der Waals surface area contributed by atoms with Crippen molar-refractivity contribution in [2.45, 2.75) is 39.5 Å². The summed E-state index contributed by atoms with van der Waals surface area (Å²) in [5, 5.41) is 0. The Morgan fingerprint density at radius 3 is 2.90 bits per heavy atom. The van der Waals surface area contributed by atoms with Crippen molar-refractivity contribution in [3.8, 4) is 0 Å². The van der Waals surface area contributed by atoms with Crippen LogP contribution in [-0.2, 0) is 0 Å². The summed E-state index contributed by atoms with van der Waals surface area (Å²) in [7, 11) is 0. The summed E-state index contributed by atoms with van der Waals surface area (Å²) >= 11 is 0. The van der Waals surface area contributed by atoms with Crippen LogP contribution in [0.4, 0.5) is 0 Å². The second-order valence-electron chi connectivity index (χ2n) is 3.03. The quantitative estimate of drug-likeness (QED) is 0.518. The summed E-state index contributed by atoms with van der Waals surface area (Å²) in [5.41, 5.74) is 3.09. The molecule has 0 aromatic rings. The Labute approximate surface area is 63.6 Å². The van der Waals surface area contributed by atoms with Crippen molar-refractivity contribution in [2.24, 2.45) is 0 Å². The molecule has 0 aliphatic heterocycles. The Morgan fingerprint density at radius 1 is 1.50 bits per heavy atom. The van der Waals surface area contributed by atoms with Gasteiger partial charge in [-0.2, -0.15) is 0 Å². The fourth-order valence-corrected chi connectivity index (χ4v) is 1.46. The van der Waals surface area contributed by atoms with Gasteiger partial charge in [0.05, 0.1) is 0 Å². The standard InChI is InChI=1S/C10H16/c1-3-5-10-7-4-6-9(2)8-10/h5,8H,3-4,6-7H2,1-2H3/b10-5-. The first-order chi connectivity index (χ1) is 4.83. The average molecular weight is 136 g/mol. The minimum Gasteiger partial charge on any atom is -0.0816 e. The molecule has 0 saturated carbocycles. The predicted octanol–water partition coefficient (Wildman–Crippen LogP) is 3.45. The Hall–Kier alpha value is -0.520. The first-order valence-electron chi connectivity index (χ1n) is 4.19. The molecular weight excluding hydrogens is 120 g/mol. The molecule has 0 fully saturated rings. The van der Waals surface area contributed by atoms with Crippen molar-refractivity contribution in [2.75, 3.05) is 0 Å². The van der Waals surface area contributed by atoms with E-state index in [2.05, 4.69) is 26.0 Å². The van der Waals surface area contributed by atoms with E-state index in [0.29, 0.717) is 0 Å². The molecule has 0 aromatic heterocycles. The van der Waals surface area contributed by atoms with Gasteiger partial charge < -0.3 is 0 Å². The van der Waals surface area contributed by atoms with Gasteiger partial charge in [0.15, 0.2) is 0 Å². The summed E-state index contributed by atoms with van der Waals surface area (Å²) < 4.78 is 0. The van der Waals surface area contributed by atoms with Crippen LogP contribution in [0.25, 0.3) is 0 Å². The molecule has 0 atom stereocenters. The highest BCUT2D eigenvalue weighted by Crippen LogP contribution is 2.21. The molecule has 1 rings (SSSR count). The van der Waals surface area contributed by atoms with Gasteiger partial charge in [0.1, 0.15) is 0 Å². The molecule has 0 aromatic carbocycles. The molecule has 0 heterocycles. The smallest absolute Gasteiger partial charge is 0.0279 e. The lowest BCUT2D eigenvalue weighted by Crippen LogP contribution is -1.90. The van der Waals surface area contributed by atoms with Crippen LogP contribution in [0, 0.1) is 0 Å². The van der Waals surface area contributed by atoms with Gasteiger partial charge in [-0.1, -0.05) is 30.2 Å². The van der Waals surface area contributed by atoms with Gasteiger partial charge in [-0.25, -0.2) is 0 Å². The second kappa shape index (κ2) is 3.60. The molecule has 56 valence electrons. The van der Waals surface area contributed by atoms with Crippen molar-refractivity contribution >= 4 is 0 Å². The lowest BCUT2D eigenvalue weighted by atomic mass is 9.96. The van der Waals surface area contributed by atoms with Crippen molar-refractivity contribution in [1.29, 1.82) is 0 Å². The van der Waals surface area contributed by atoms with Crippen molar-refractivity contribution in [3.63, 3.8) is 0 Å². The predicted molar refractivity (Wildman–Crippen MR) is 46.0 cm³/mol. The summed E-state index contributed by atoms with van der Waals surface area (Å²) in [5.74, 6) is 0. The van der Waals surface area contributed by atoms with Crippen LogP contribution in [0.15, 0.2) is 23.3 Å². The van der Waals surface area contributed by atoms with E-state index in [0.717, 1.165) is 0 Å². The highest BCUT2D eigenvalue weighted by atomic mass is 14.1. The zero-order chi connectivity index (χ0) is 7.40. The van der Waals surface area contributed by atoms with E-state index in [-0.39, 0.29) is 0 Å². The largest absolute Gasteiger partial charge is 0.0816 e. The average Bonchev–Trinajstić information content (AvgIpc) is 1.88. The summed E-state index contributed by atoms with van der Waals surface area (Å²) in [6.45, 7) is 4.42. The van der Waals surface area contributed by atoms with Crippen LogP contribution in [0.1, 0.15) is 39.5 Å². The van der Waals surface area contributed by atoms with E-state index >= 15 is 0 Å². The Kier molecular flexibility index (Phi) is 2.73. The van der Waals surface area contributed by atoms with Gasteiger partial charge in [0.25, 0.3) is 0 Å². The molecule has 10 heavy (non-hydrogen) atoms. The lowest BCUT2D eigenvalue weighted by molar-refractivity contribution is 0.780. The number of hydrogen-bond acceptors (Lipinski definition) is 0.